The van der Waals surface area contributed by atoms with E-state index in [4.69, 9.17) is 11.6 Å². The fraction of sp³-hybridized carbons (Fsp3) is 0.185. The second-order valence-electron chi connectivity index (χ2n) is 8.62. The van der Waals surface area contributed by atoms with Crippen LogP contribution in [0.15, 0.2) is 95.5 Å². The topological polar surface area (TPSA) is 72.9 Å². The standard InChI is InChI=1S/C27H23BrClN3O3/c28-19-8-6-18(7-9-19)25(33)23-15-14-22-24(32(23)30-21-12-10-20(29)11-13-21)27(35)31(26(22)34)16-17-4-2-1-3-5-17/h1-15,22-25,30,33H,16H2/t22-,23?,24+,25-/m1/s1. The Balaban J connectivity index is 1.49. The van der Waals surface area contributed by atoms with Gasteiger partial charge in [-0.3, -0.25) is 14.5 Å². The number of amides is 2. The molecule has 0 bridgehead atoms. The Kier molecular flexibility index (Phi) is 6.75. The predicted molar refractivity (Wildman–Crippen MR) is 138 cm³/mol. The van der Waals surface area contributed by atoms with Crippen molar-refractivity contribution in [2.24, 2.45) is 5.92 Å². The van der Waals surface area contributed by atoms with Crippen molar-refractivity contribution < 1.29 is 14.7 Å². The van der Waals surface area contributed by atoms with Gasteiger partial charge in [-0.15, -0.1) is 0 Å². The van der Waals surface area contributed by atoms with Crippen LogP contribution in [-0.2, 0) is 16.1 Å². The molecule has 4 atom stereocenters. The quantitative estimate of drug-likeness (QED) is 0.334. The minimum atomic E-state index is -0.939. The molecule has 1 unspecified atom stereocenters. The molecule has 1 saturated heterocycles. The SMILES string of the molecule is O=C1[C@@H]2[C@@H](C=CC([C@H](O)c3ccc(Br)cc3)N2Nc2ccc(Cl)cc2)C(=O)N1Cc1ccccc1. The number of imide groups is 1. The van der Waals surface area contributed by atoms with Crippen molar-refractivity contribution in [3.05, 3.63) is 112 Å². The molecule has 5 rings (SSSR count). The third kappa shape index (κ3) is 4.77. The Bertz CT molecular complexity index is 1250. The van der Waals surface area contributed by atoms with Crippen molar-refractivity contribution in [2.45, 2.75) is 24.7 Å². The van der Waals surface area contributed by atoms with Crippen LogP contribution in [0, 0.1) is 5.92 Å². The number of anilines is 1. The number of carbonyl (C=O) groups excluding carboxylic acids is 2. The van der Waals surface area contributed by atoms with Crippen LogP contribution in [0.1, 0.15) is 17.2 Å². The lowest BCUT2D eigenvalue weighted by molar-refractivity contribution is -0.140. The Labute approximate surface area is 216 Å². The van der Waals surface area contributed by atoms with Gasteiger partial charge in [0.1, 0.15) is 6.04 Å². The fourth-order valence-electron chi connectivity index (χ4n) is 4.58. The van der Waals surface area contributed by atoms with E-state index >= 15 is 0 Å². The van der Waals surface area contributed by atoms with Crippen molar-refractivity contribution in [3.8, 4) is 0 Å². The van der Waals surface area contributed by atoms with Crippen LogP contribution < -0.4 is 5.43 Å². The van der Waals surface area contributed by atoms with Gasteiger partial charge in [0.15, 0.2) is 0 Å². The lowest BCUT2D eigenvalue weighted by atomic mass is 9.90. The maximum absolute atomic E-state index is 13.6. The molecule has 2 aliphatic heterocycles. The minimum absolute atomic E-state index is 0.202. The molecule has 3 aromatic carbocycles. The number of hydrogen-bond acceptors (Lipinski definition) is 5. The summed E-state index contributed by atoms with van der Waals surface area (Å²) < 4.78 is 0.900. The highest BCUT2D eigenvalue weighted by Crippen LogP contribution is 2.37. The summed E-state index contributed by atoms with van der Waals surface area (Å²) in [7, 11) is 0. The van der Waals surface area contributed by atoms with Gasteiger partial charge in [-0.1, -0.05) is 82.1 Å². The first-order valence-corrected chi connectivity index (χ1v) is 12.4. The smallest absolute Gasteiger partial charge is 0.249 e. The van der Waals surface area contributed by atoms with Gasteiger partial charge in [0.05, 0.1) is 24.6 Å². The average molecular weight is 553 g/mol. The zero-order valence-electron chi connectivity index (χ0n) is 18.6. The molecule has 0 aromatic heterocycles. The summed E-state index contributed by atoms with van der Waals surface area (Å²) in [5.41, 5.74) is 5.55. The zero-order valence-corrected chi connectivity index (χ0v) is 20.9. The van der Waals surface area contributed by atoms with Gasteiger partial charge in [-0.05, 0) is 47.5 Å². The van der Waals surface area contributed by atoms with Crippen LogP contribution in [-0.4, -0.2) is 38.9 Å². The number of benzene rings is 3. The number of rotatable bonds is 6. The Morgan fingerprint density at radius 1 is 0.914 bits per heavy atom. The maximum atomic E-state index is 13.6. The van der Waals surface area contributed by atoms with E-state index in [1.54, 1.807) is 41.4 Å². The second kappa shape index (κ2) is 9.95. The number of fused-ring (bicyclic) bond motifs is 1. The van der Waals surface area contributed by atoms with Crippen molar-refractivity contribution >= 4 is 45.0 Å². The Morgan fingerprint density at radius 2 is 1.60 bits per heavy atom. The monoisotopic (exact) mass is 551 g/mol. The van der Waals surface area contributed by atoms with Crippen LogP contribution in [0.3, 0.4) is 0 Å². The van der Waals surface area contributed by atoms with Gasteiger partial charge in [0.2, 0.25) is 11.8 Å². The molecule has 178 valence electrons. The summed E-state index contributed by atoms with van der Waals surface area (Å²) in [5, 5.41) is 13.6. The molecular formula is C27H23BrClN3O3. The maximum Gasteiger partial charge on any atom is 0.249 e. The number of hydrogen-bond donors (Lipinski definition) is 2. The third-order valence-electron chi connectivity index (χ3n) is 6.37. The summed E-state index contributed by atoms with van der Waals surface area (Å²) >= 11 is 9.47. The van der Waals surface area contributed by atoms with Gasteiger partial charge in [-0.2, -0.15) is 0 Å². The van der Waals surface area contributed by atoms with Crippen LogP contribution in [0.5, 0.6) is 0 Å². The predicted octanol–water partition coefficient (Wildman–Crippen LogP) is 4.96. The largest absolute Gasteiger partial charge is 0.386 e. The van der Waals surface area contributed by atoms with Crippen LogP contribution in [0.2, 0.25) is 5.02 Å². The molecule has 6 nitrogen and oxygen atoms in total. The molecule has 2 amide bonds. The van der Waals surface area contributed by atoms with E-state index in [1.807, 2.05) is 54.6 Å². The van der Waals surface area contributed by atoms with E-state index in [9.17, 15) is 14.7 Å². The molecule has 3 aromatic rings. The molecule has 0 aliphatic carbocycles. The number of likely N-dealkylation sites (tertiary alicyclic amines) is 1. The highest BCUT2D eigenvalue weighted by Gasteiger charge is 2.53. The third-order valence-corrected chi connectivity index (χ3v) is 7.15. The van der Waals surface area contributed by atoms with Gasteiger partial charge < -0.3 is 10.5 Å². The van der Waals surface area contributed by atoms with E-state index in [-0.39, 0.29) is 18.4 Å². The molecule has 35 heavy (non-hydrogen) atoms. The Morgan fingerprint density at radius 3 is 2.29 bits per heavy atom. The van der Waals surface area contributed by atoms with Crippen LogP contribution in [0.4, 0.5) is 5.69 Å². The highest BCUT2D eigenvalue weighted by molar-refractivity contribution is 9.10. The lowest BCUT2D eigenvalue weighted by Crippen LogP contribution is -2.55. The number of hydrazine groups is 1. The van der Waals surface area contributed by atoms with Gasteiger partial charge in [0, 0.05) is 15.2 Å². The molecule has 8 heteroatoms. The van der Waals surface area contributed by atoms with Crippen molar-refractivity contribution in [1.29, 1.82) is 0 Å². The second-order valence-corrected chi connectivity index (χ2v) is 9.97. The first kappa shape index (κ1) is 23.8. The van der Waals surface area contributed by atoms with E-state index < -0.39 is 24.1 Å². The van der Waals surface area contributed by atoms with E-state index in [0.29, 0.717) is 16.3 Å². The summed E-state index contributed by atoms with van der Waals surface area (Å²) in [5.74, 6) is -1.21. The summed E-state index contributed by atoms with van der Waals surface area (Å²) in [4.78, 5) is 28.2. The van der Waals surface area contributed by atoms with Gasteiger partial charge in [0.25, 0.3) is 0 Å². The summed E-state index contributed by atoms with van der Waals surface area (Å²) in [6, 6.07) is 22.5. The number of nitrogens with zero attached hydrogens (tertiary/aromatic N) is 2. The molecular weight excluding hydrogens is 530 g/mol. The molecule has 0 saturated carbocycles. The summed E-state index contributed by atoms with van der Waals surface area (Å²) in [6.07, 6.45) is 2.61. The van der Waals surface area contributed by atoms with Crippen LogP contribution in [0.25, 0.3) is 0 Å². The van der Waals surface area contributed by atoms with Crippen LogP contribution >= 0.6 is 27.5 Å². The lowest BCUT2D eigenvalue weighted by Gasteiger charge is -2.40. The molecule has 0 spiro atoms. The number of nitrogens with one attached hydrogen (secondary N) is 1. The van der Waals surface area contributed by atoms with Crippen molar-refractivity contribution in [1.82, 2.24) is 9.91 Å². The normalized spacial score (nSPS) is 22.8. The van der Waals surface area contributed by atoms with E-state index in [1.165, 1.54) is 4.90 Å². The number of carbonyl (C=O) groups is 2. The fourth-order valence-corrected chi connectivity index (χ4v) is 4.97. The van der Waals surface area contributed by atoms with Gasteiger partial charge in [-0.25, -0.2) is 5.01 Å². The zero-order chi connectivity index (χ0) is 24.5. The summed E-state index contributed by atoms with van der Waals surface area (Å²) in [6.45, 7) is 0.202. The molecule has 2 heterocycles. The van der Waals surface area contributed by atoms with E-state index in [0.717, 1.165) is 10.0 Å². The molecule has 1 fully saturated rings. The first-order valence-electron chi connectivity index (χ1n) is 11.2. The Hall–Kier alpha value is -2.97. The highest BCUT2D eigenvalue weighted by atomic mass is 79.9. The van der Waals surface area contributed by atoms with Gasteiger partial charge >= 0.3 is 0 Å². The minimum Gasteiger partial charge on any atom is -0.386 e. The van der Waals surface area contributed by atoms with Crippen molar-refractivity contribution in [2.75, 3.05) is 5.43 Å². The molecule has 2 aliphatic rings. The van der Waals surface area contributed by atoms with Crippen molar-refractivity contribution in [3.63, 3.8) is 0 Å². The number of aliphatic hydroxyl groups excluding tert-OH is 1. The first-order chi connectivity index (χ1) is 16.9. The molecule has 2 N–H and O–H groups in total. The molecule has 0 radical (unpaired) electrons. The van der Waals surface area contributed by atoms with E-state index in [2.05, 4.69) is 21.4 Å². The number of halogens is 2. The average Bonchev–Trinajstić information content (AvgIpc) is 3.11. The number of aliphatic hydroxyl groups is 1.